The minimum absolute atomic E-state index is 0.183. The van der Waals surface area contributed by atoms with Gasteiger partial charge in [-0.1, -0.05) is 19.7 Å². The van der Waals surface area contributed by atoms with E-state index in [1.165, 1.54) is 14.0 Å². The predicted octanol–water partition coefficient (Wildman–Crippen LogP) is 1.18. The van der Waals surface area contributed by atoms with Crippen LogP contribution in [0.2, 0.25) is 0 Å². The Hall–Kier alpha value is -2.41. The summed E-state index contributed by atoms with van der Waals surface area (Å²) in [4.78, 5) is 32.3. The van der Waals surface area contributed by atoms with Crippen LogP contribution in [0.5, 0.6) is 0 Å². The molecule has 0 aliphatic heterocycles. The molecule has 7 heteroatoms. The van der Waals surface area contributed by atoms with Crippen molar-refractivity contribution < 1.29 is 34.4 Å². The molecule has 102 valence electrons. The molecule has 0 fully saturated rings. The van der Waals surface area contributed by atoms with Crippen LogP contribution in [0, 0.1) is 0 Å². The lowest BCUT2D eigenvalue weighted by atomic mass is 10.4. The highest BCUT2D eigenvalue weighted by Crippen LogP contribution is 1.86. The number of esters is 1. The number of carboxylic acid groups (broad SMARTS) is 1. The highest BCUT2D eigenvalue weighted by Gasteiger charge is 1.98. The van der Waals surface area contributed by atoms with E-state index < -0.39 is 17.9 Å². The van der Waals surface area contributed by atoms with Crippen molar-refractivity contribution in [1.82, 2.24) is 0 Å². The van der Waals surface area contributed by atoms with E-state index in [9.17, 15) is 14.4 Å². The maximum Gasteiger partial charge on any atom is 0.367 e. The lowest BCUT2D eigenvalue weighted by Gasteiger charge is -1.88. The lowest BCUT2D eigenvalue weighted by molar-refractivity contribution is -0.229. The van der Waals surface area contributed by atoms with E-state index >= 15 is 0 Å². The molecular formula is C11H16O7. The Morgan fingerprint density at radius 3 is 1.56 bits per heavy atom. The van der Waals surface area contributed by atoms with Gasteiger partial charge in [0, 0.05) is 17.7 Å². The second-order valence-corrected chi connectivity index (χ2v) is 2.43. The third kappa shape index (κ3) is 23.4. The molecule has 0 atom stereocenters. The summed E-state index contributed by atoms with van der Waals surface area (Å²) in [6, 6.07) is 0. The summed E-state index contributed by atoms with van der Waals surface area (Å²) in [7, 11) is 1.31. The molecule has 0 aliphatic rings. The van der Waals surface area contributed by atoms with Gasteiger partial charge < -0.3 is 9.84 Å². The number of hydrogen-bond donors (Lipinski definition) is 2. The van der Waals surface area contributed by atoms with Gasteiger partial charge in [0.2, 0.25) is 0 Å². The maximum atomic E-state index is 9.94. The minimum Gasteiger partial charge on any atom is -0.478 e. The van der Waals surface area contributed by atoms with Crippen LogP contribution in [0.15, 0.2) is 37.5 Å². The zero-order valence-corrected chi connectivity index (χ0v) is 10.2. The summed E-state index contributed by atoms with van der Waals surface area (Å²) in [5.74, 6) is -2.17. The van der Waals surface area contributed by atoms with Crippen molar-refractivity contribution in [3.63, 3.8) is 0 Å². The molecule has 7 nitrogen and oxygen atoms in total. The van der Waals surface area contributed by atoms with Crippen molar-refractivity contribution in [2.45, 2.75) is 6.92 Å². The molecule has 0 rings (SSSR count). The van der Waals surface area contributed by atoms with E-state index in [-0.39, 0.29) is 5.57 Å². The smallest absolute Gasteiger partial charge is 0.367 e. The molecule has 0 aliphatic carbocycles. The van der Waals surface area contributed by atoms with Gasteiger partial charge in [-0.3, -0.25) is 4.89 Å². The van der Waals surface area contributed by atoms with E-state index in [0.29, 0.717) is 0 Å². The Bertz CT molecular complexity index is 317. The summed E-state index contributed by atoms with van der Waals surface area (Å²) >= 11 is 0. The number of carbonyl (C=O) groups excluding carboxylic acids is 2. The van der Waals surface area contributed by atoms with Gasteiger partial charge in [-0.05, 0) is 6.92 Å². The Morgan fingerprint density at radius 2 is 1.56 bits per heavy atom. The Labute approximate surface area is 105 Å². The van der Waals surface area contributed by atoms with Crippen LogP contribution in [-0.2, 0) is 24.0 Å². The van der Waals surface area contributed by atoms with Crippen molar-refractivity contribution in [2.75, 3.05) is 7.11 Å². The first-order valence-electron chi connectivity index (χ1n) is 4.33. The Balaban J connectivity index is -0.000000190. The fourth-order valence-corrected chi connectivity index (χ4v) is 0.161. The summed E-state index contributed by atoms with van der Waals surface area (Å²) in [5.41, 5.74) is 0.183. The Kier molecular flexibility index (Phi) is 17.0. The van der Waals surface area contributed by atoms with E-state index in [0.717, 1.165) is 12.2 Å². The standard InChI is InChI=1S/C4H6O3.C4H6O2.C3H4O2/c1-3(2)4(5)7-6;1-3-4(5)6-2;1-2-3(4)5/h6H,1H2,2H3;3H,1H2,2H3;2H,1H2,(H,4,5). The summed E-state index contributed by atoms with van der Waals surface area (Å²) in [5, 5.41) is 15.2. The molecule has 0 saturated carbocycles. The molecule has 0 radical (unpaired) electrons. The third-order valence-corrected chi connectivity index (χ3v) is 0.974. The van der Waals surface area contributed by atoms with Gasteiger partial charge in [-0.2, -0.15) is 5.26 Å². The van der Waals surface area contributed by atoms with E-state index in [2.05, 4.69) is 29.4 Å². The first-order valence-corrected chi connectivity index (χ1v) is 4.33. The van der Waals surface area contributed by atoms with Crippen LogP contribution < -0.4 is 0 Å². The fourth-order valence-electron chi connectivity index (χ4n) is 0.161. The summed E-state index contributed by atoms with van der Waals surface area (Å²) < 4.78 is 4.14. The van der Waals surface area contributed by atoms with Crippen LogP contribution in [0.4, 0.5) is 0 Å². The molecule has 0 aromatic carbocycles. The number of aliphatic carboxylic acids is 1. The zero-order valence-electron chi connectivity index (χ0n) is 10.2. The number of ether oxygens (including phenoxy) is 1. The van der Waals surface area contributed by atoms with Crippen LogP contribution in [0.3, 0.4) is 0 Å². The number of carbonyl (C=O) groups is 3. The molecule has 0 heterocycles. The maximum absolute atomic E-state index is 9.94. The van der Waals surface area contributed by atoms with Gasteiger partial charge in [-0.25, -0.2) is 14.4 Å². The van der Waals surface area contributed by atoms with Crippen molar-refractivity contribution in [1.29, 1.82) is 0 Å². The van der Waals surface area contributed by atoms with Gasteiger partial charge in [-0.15, -0.1) is 0 Å². The van der Waals surface area contributed by atoms with E-state index in [1.807, 2.05) is 0 Å². The van der Waals surface area contributed by atoms with Crippen molar-refractivity contribution in [3.05, 3.63) is 37.5 Å². The molecule has 0 saturated heterocycles. The van der Waals surface area contributed by atoms with E-state index in [4.69, 9.17) is 10.4 Å². The van der Waals surface area contributed by atoms with Crippen LogP contribution in [-0.4, -0.2) is 35.4 Å². The van der Waals surface area contributed by atoms with Gasteiger partial charge in [0.05, 0.1) is 7.11 Å². The second kappa shape index (κ2) is 14.6. The highest BCUT2D eigenvalue weighted by atomic mass is 17.1. The Morgan fingerprint density at radius 1 is 1.17 bits per heavy atom. The SMILES string of the molecule is C=C(C)C(=O)OO.C=CC(=O)O.C=CC(=O)OC. The number of rotatable bonds is 3. The molecular weight excluding hydrogens is 244 g/mol. The minimum atomic E-state index is -0.981. The van der Waals surface area contributed by atoms with Crippen LogP contribution in [0.25, 0.3) is 0 Å². The molecule has 2 N–H and O–H groups in total. The van der Waals surface area contributed by atoms with E-state index in [1.54, 1.807) is 0 Å². The molecule has 0 aromatic rings. The first-order chi connectivity index (χ1) is 8.26. The second-order valence-electron chi connectivity index (χ2n) is 2.43. The molecule has 0 amide bonds. The molecule has 0 bridgehead atoms. The zero-order chi connectivity index (χ0) is 15.1. The van der Waals surface area contributed by atoms with Crippen LogP contribution in [0.1, 0.15) is 6.92 Å². The van der Waals surface area contributed by atoms with Gasteiger partial charge >= 0.3 is 17.9 Å². The normalized spacial score (nSPS) is 7.06. The van der Waals surface area contributed by atoms with Crippen molar-refractivity contribution >= 4 is 17.9 Å². The summed E-state index contributed by atoms with van der Waals surface area (Å²) in [6.07, 6.45) is 1.94. The average Bonchev–Trinajstić information content (AvgIpc) is 2.37. The largest absolute Gasteiger partial charge is 0.478 e. The highest BCUT2D eigenvalue weighted by molar-refractivity contribution is 5.86. The van der Waals surface area contributed by atoms with Crippen LogP contribution >= 0.6 is 0 Å². The molecule has 0 aromatic heterocycles. The molecule has 0 unspecified atom stereocenters. The number of methoxy groups -OCH3 is 1. The van der Waals surface area contributed by atoms with Crippen molar-refractivity contribution in [3.8, 4) is 0 Å². The predicted molar refractivity (Wildman–Crippen MR) is 63.6 cm³/mol. The quantitative estimate of drug-likeness (QED) is 0.339. The number of carboxylic acids is 1. The topological polar surface area (TPSA) is 110 Å². The van der Waals surface area contributed by atoms with Gasteiger partial charge in [0.1, 0.15) is 0 Å². The summed E-state index contributed by atoms with van der Waals surface area (Å²) in [6.45, 7) is 10.8. The first kappa shape index (κ1) is 20.9. The lowest BCUT2D eigenvalue weighted by Crippen LogP contribution is -1.99. The number of hydrogen-bond acceptors (Lipinski definition) is 6. The monoisotopic (exact) mass is 260 g/mol. The average molecular weight is 260 g/mol. The fraction of sp³-hybridized carbons (Fsp3) is 0.182. The van der Waals surface area contributed by atoms with Crippen molar-refractivity contribution in [2.24, 2.45) is 0 Å². The molecule has 0 spiro atoms. The molecule has 18 heavy (non-hydrogen) atoms. The third-order valence-electron chi connectivity index (χ3n) is 0.974. The van der Waals surface area contributed by atoms with Gasteiger partial charge in [0.15, 0.2) is 0 Å². The van der Waals surface area contributed by atoms with Gasteiger partial charge in [0.25, 0.3) is 0 Å².